The van der Waals surface area contributed by atoms with Gasteiger partial charge >= 0.3 is 0 Å². The molecule has 2 aromatic rings. The van der Waals surface area contributed by atoms with Gasteiger partial charge in [0, 0.05) is 29.8 Å². The molecule has 2 aromatic heterocycles. The molecule has 0 radical (unpaired) electrons. The predicted molar refractivity (Wildman–Crippen MR) is 80.1 cm³/mol. The summed E-state index contributed by atoms with van der Waals surface area (Å²) in [6.07, 6.45) is 12.5. The Labute approximate surface area is 119 Å². The quantitative estimate of drug-likeness (QED) is 0.864. The molecule has 0 unspecified atom stereocenters. The molecule has 0 amide bonds. The van der Waals surface area contributed by atoms with Crippen LogP contribution in [-0.4, -0.2) is 20.6 Å². The van der Waals surface area contributed by atoms with Gasteiger partial charge in [-0.05, 0) is 25.7 Å². The molecule has 2 heterocycles. The summed E-state index contributed by atoms with van der Waals surface area (Å²) >= 11 is 0. The number of aromatic nitrogens is 3. The van der Waals surface area contributed by atoms with Gasteiger partial charge in [-0.1, -0.05) is 25.7 Å². The average Bonchev–Trinajstić information content (AvgIpc) is 3.24. The van der Waals surface area contributed by atoms with Crippen molar-refractivity contribution in [3.05, 3.63) is 24.0 Å². The van der Waals surface area contributed by atoms with Gasteiger partial charge in [0.2, 0.25) is 0 Å². The molecule has 2 aliphatic carbocycles. The zero-order chi connectivity index (χ0) is 13.4. The highest BCUT2D eigenvalue weighted by Gasteiger charge is 2.26. The molecule has 2 fully saturated rings. The molecule has 0 bridgehead atoms. The highest BCUT2D eigenvalue weighted by Crippen LogP contribution is 2.40. The zero-order valence-electron chi connectivity index (χ0n) is 11.9. The highest BCUT2D eigenvalue weighted by molar-refractivity contribution is 5.50. The lowest BCUT2D eigenvalue weighted by molar-refractivity contribution is 0.614. The number of anilines is 1. The molecular weight excluding hydrogens is 248 g/mol. The van der Waals surface area contributed by atoms with Crippen LogP contribution in [0.4, 0.5) is 5.82 Å². The van der Waals surface area contributed by atoms with E-state index in [0.29, 0.717) is 12.0 Å². The monoisotopic (exact) mass is 270 g/mol. The normalized spacial score (nSPS) is 21.0. The zero-order valence-corrected chi connectivity index (χ0v) is 11.9. The predicted octanol–water partition coefficient (Wildman–Crippen LogP) is 3.74. The van der Waals surface area contributed by atoms with Crippen LogP contribution >= 0.6 is 0 Å². The summed E-state index contributed by atoms with van der Waals surface area (Å²) in [6.45, 7) is 0. The van der Waals surface area contributed by atoms with Crippen molar-refractivity contribution >= 4 is 11.5 Å². The Morgan fingerprint density at radius 3 is 2.60 bits per heavy atom. The number of rotatable bonds is 3. The molecule has 2 aliphatic rings. The Hall–Kier alpha value is -1.58. The molecule has 0 saturated heterocycles. The van der Waals surface area contributed by atoms with E-state index in [1.165, 1.54) is 57.1 Å². The van der Waals surface area contributed by atoms with Crippen LogP contribution in [0.3, 0.4) is 0 Å². The summed E-state index contributed by atoms with van der Waals surface area (Å²) in [6, 6.07) is 4.83. The average molecular weight is 270 g/mol. The molecule has 1 N–H and O–H groups in total. The molecule has 4 heteroatoms. The second kappa shape index (κ2) is 5.08. The number of nitrogens with zero attached hydrogens (tertiary/aromatic N) is 3. The first-order valence-corrected chi connectivity index (χ1v) is 8.01. The minimum Gasteiger partial charge on any atom is -0.367 e. The molecular formula is C16H22N4. The molecule has 20 heavy (non-hydrogen) atoms. The van der Waals surface area contributed by atoms with E-state index >= 15 is 0 Å². The van der Waals surface area contributed by atoms with Crippen molar-refractivity contribution < 1.29 is 0 Å². The van der Waals surface area contributed by atoms with Crippen LogP contribution in [0.25, 0.3) is 5.65 Å². The molecule has 2 saturated carbocycles. The minimum atomic E-state index is 0.597. The summed E-state index contributed by atoms with van der Waals surface area (Å²) in [7, 11) is 0. The lowest BCUT2D eigenvalue weighted by Crippen LogP contribution is -2.20. The molecule has 4 nitrogen and oxygen atoms in total. The molecule has 0 aromatic carbocycles. The summed E-state index contributed by atoms with van der Waals surface area (Å²) in [5.41, 5.74) is 2.22. The largest absolute Gasteiger partial charge is 0.367 e. The van der Waals surface area contributed by atoms with E-state index in [2.05, 4.69) is 16.5 Å². The third-order valence-electron chi connectivity index (χ3n) is 4.58. The number of fused-ring (bicyclic) bond motifs is 1. The lowest BCUT2D eigenvalue weighted by Gasteiger charge is -2.18. The van der Waals surface area contributed by atoms with Crippen molar-refractivity contribution in [2.45, 2.75) is 63.3 Å². The maximum Gasteiger partial charge on any atom is 0.157 e. The summed E-state index contributed by atoms with van der Waals surface area (Å²) in [5, 5.41) is 8.15. The maximum absolute atomic E-state index is 4.73. The van der Waals surface area contributed by atoms with E-state index in [-0.39, 0.29) is 0 Å². The Kier molecular flexibility index (Phi) is 3.09. The Balaban J connectivity index is 1.64. The van der Waals surface area contributed by atoms with E-state index in [4.69, 9.17) is 4.98 Å². The second-order valence-electron chi connectivity index (χ2n) is 6.27. The minimum absolute atomic E-state index is 0.597. The third-order valence-corrected chi connectivity index (χ3v) is 4.58. The SMILES string of the molecule is c1cc2nc(C3CC3)cc(NC3CCCCCC3)n2n1. The molecule has 0 spiro atoms. The van der Waals surface area contributed by atoms with Gasteiger partial charge in [0.15, 0.2) is 5.65 Å². The van der Waals surface area contributed by atoms with Crippen molar-refractivity contribution in [2.24, 2.45) is 0 Å². The lowest BCUT2D eigenvalue weighted by atomic mass is 10.1. The van der Waals surface area contributed by atoms with Crippen molar-refractivity contribution in [2.75, 3.05) is 5.32 Å². The van der Waals surface area contributed by atoms with Gasteiger partial charge in [-0.2, -0.15) is 9.61 Å². The molecule has 106 valence electrons. The van der Waals surface area contributed by atoms with Crippen molar-refractivity contribution in [3.63, 3.8) is 0 Å². The Bertz CT molecular complexity index is 592. The number of hydrogen-bond acceptors (Lipinski definition) is 3. The fourth-order valence-electron chi connectivity index (χ4n) is 3.26. The van der Waals surface area contributed by atoms with E-state index in [0.717, 1.165) is 11.5 Å². The van der Waals surface area contributed by atoms with Crippen LogP contribution in [-0.2, 0) is 0 Å². The van der Waals surface area contributed by atoms with Gasteiger partial charge in [0.25, 0.3) is 0 Å². The number of nitrogens with one attached hydrogen (secondary N) is 1. The van der Waals surface area contributed by atoms with Crippen LogP contribution in [0, 0.1) is 0 Å². The van der Waals surface area contributed by atoms with Crippen molar-refractivity contribution in [1.29, 1.82) is 0 Å². The van der Waals surface area contributed by atoms with Gasteiger partial charge in [-0.3, -0.25) is 0 Å². The van der Waals surface area contributed by atoms with E-state index in [1.807, 2.05) is 16.8 Å². The second-order valence-corrected chi connectivity index (χ2v) is 6.27. The first-order chi connectivity index (χ1) is 9.90. The van der Waals surface area contributed by atoms with Crippen molar-refractivity contribution in [1.82, 2.24) is 14.6 Å². The van der Waals surface area contributed by atoms with Gasteiger partial charge in [-0.25, -0.2) is 4.98 Å². The van der Waals surface area contributed by atoms with Crippen molar-refractivity contribution in [3.8, 4) is 0 Å². The maximum atomic E-state index is 4.73. The fraction of sp³-hybridized carbons (Fsp3) is 0.625. The summed E-state index contributed by atoms with van der Waals surface area (Å²) in [4.78, 5) is 4.73. The van der Waals surface area contributed by atoms with Crippen LogP contribution < -0.4 is 5.32 Å². The summed E-state index contributed by atoms with van der Waals surface area (Å²) in [5.74, 6) is 1.82. The molecule has 4 rings (SSSR count). The van der Waals surface area contributed by atoms with E-state index in [9.17, 15) is 0 Å². The standard InChI is InChI=1S/C16H22N4/c1-2-4-6-13(5-3-1)18-16-11-14(12-7-8-12)19-15-9-10-17-20(15)16/h9-13,18H,1-8H2. The fourth-order valence-corrected chi connectivity index (χ4v) is 3.26. The molecule has 0 atom stereocenters. The van der Waals surface area contributed by atoms with Gasteiger partial charge in [0.1, 0.15) is 5.82 Å². The van der Waals surface area contributed by atoms with Crippen LogP contribution in [0.2, 0.25) is 0 Å². The first-order valence-electron chi connectivity index (χ1n) is 8.01. The third kappa shape index (κ3) is 2.39. The summed E-state index contributed by atoms with van der Waals surface area (Å²) < 4.78 is 1.96. The first kappa shape index (κ1) is 12.2. The molecule has 0 aliphatic heterocycles. The van der Waals surface area contributed by atoms with E-state index in [1.54, 1.807) is 0 Å². The van der Waals surface area contributed by atoms with Crippen LogP contribution in [0.1, 0.15) is 63.0 Å². The van der Waals surface area contributed by atoms with Crippen LogP contribution in [0.15, 0.2) is 18.3 Å². The smallest absolute Gasteiger partial charge is 0.157 e. The van der Waals surface area contributed by atoms with Gasteiger partial charge in [0.05, 0.1) is 6.20 Å². The number of hydrogen-bond donors (Lipinski definition) is 1. The van der Waals surface area contributed by atoms with Crippen LogP contribution in [0.5, 0.6) is 0 Å². The van der Waals surface area contributed by atoms with E-state index < -0.39 is 0 Å². The topological polar surface area (TPSA) is 42.2 Å². The Morgan fingerprint density at radius 2 is 1.85 bits per heavy atom. The van der Waals surface area contributed by atoms with Gasteiger partial charge in [-0.15, -0.1) is 0 Å². The Morgan fingerprint density at radius 1 is 1.05 bits per heavy atom. The highest BCUT2D eigenvalue weighted by atomic mass is 15.3. The van der Waals surface area contributed by atoms with Gasteiger partial charge < -0.3 is 5.32 Å².